The molecule has 0 radical (unpaired) electrons. The third-order valence-corrected chi connectivity index (χ3v) is 6.22. The number of aromatic nitrogens is 5. The molecule has 0 bridgehead atoms. The van der Waals surface area contributed by atoms with Crippen LogP contribution in [0.4, 0.5) is 17.2 Å². The maximum Gasteiger partial charge on any atom is 0.272 e. The number of amides is 1. The fourth-order valence-corrected chi connectivity index (χ4v) is 4.19. The Morgan fingerprint density at radius 2 is 1.73 bits per heavy atom. The number of hydrogen-bond donors (Lipinski definition) is 4. The van der Waals surface area contributed by atoms with Crippen LogP contribution in [0.2, 0.25) is 5.02 Å². The molecule has 0 spiro atoms. The van der Waals surface area contributed by atoms with Crippen molar-refractivity contribution in [1.82, 2.24) is 25.1 Å². The van der Waals surface area contributed by atoms with Gasteiger partial charge in [-0.15, -0.1) is 0 Å². The average Bonchev–Trinajstić information content (AvgIpc) is 3.61. The molecule has 1 amide bonds. The highest BCUT2D eigenvalue weighted by Crippen LogP contribution is 2.26. The number of halogens is 1. The van der Waals surface area contributed by atoms with Gasteiger partial charge in [-0.1, -0.05) is 48.0 Å². The summed E-state index contributed by atoms with van der Waals surface area (Å²) in [5, 5.41) is 14.4. The standard InChI is InChI=1S/C28H20ClN7O/c29-22-3-1-2-4-23(22)35-28(37)25-13-18-5-6-19(14-24(18)34-25)27-30-12-11-26(36-27)33-21-9-7-17(8-10-21)20-15-31-32-16-20/h1-16,34H,(H,31,32)(H,35,37)(H,30,33,36). The van der Waals surface area contributed by atoms with Crippen molar-refractivity contribution in [3.8, 4) is 22.5 Å². The molecule has 6 aromatic rings. The first-order valence-corrected chi connectivity index (χ1v) is 11.9. The Bertz CT molecular complexity index is 1710. The predicted molar refractivity (Wildman–Crippen MR) is 146 cm³/mol. The van der Waals surface area contributed by atoms with Gasteiger partial charge in [-0.05, 0) is 48.0 Å². The number of nitrogens with one attached hydrogen (secondary N) is 4. The highest BCUT2D eigenvalue weighted by atomic mass is 35.5. The van der Waals surface area contributed by atoms with Gasteiger partial charge in [0.05, 0.1) is 16.9 Å². The Kier molecular flexibility index (Phi) is 5.84. The molecule has 37 heavy (non-hydrogen) atoms. The van der Waals surface area contributed by atoms with Crippen LogP contribution in [0.15, 0.2) is 97.5 Å². The summed E-state index contributed by atoms with van der Waals surface area (Å²) in [7, 11) is 0. The smallest absolute Gasteiger partial charge is 0.272 e. The zero-order valence-corrected chi connectivity index (χ0v) is 20.1. The summed E-state index contributed by atoms with van der Waals surface area (Å²) in [6.45, 7) is 0. The lowest BCUT2D eigenvalue weighted by Crippen LogP contribution is -2.12. The number of fused-ring (bicyclic) bond motifs is 1. The van der Waals surface area contributed by atoms with Gasteiger partial charge < -0.3 is 15.6 Å². The highest BCUT2D eigenvalue weighted by Gasteiger charge is 2.13. The zero-order valence-electron chi connectivity index (χ0n) is 19.4. The van der Waals surface area contributed by atoms with E-state index >= 15 is 0 Å². The highest BCUT2D eigenvalue weighted by molar-refractivity contribution is 6.33. The van der Waals surface area contributed by atoms with Crippen molar-refractivity contribution in [3.63, 3.8) is 0 Å². The van der Waals surface area contributed by atoms with Crippen LogP contribution in [-0.4, -0.2) is 31.1 Å². The fourth-order valence-electron chi connectivity index (χ4n) is 4.01. The summed E-state index contributed by atoms with van der Waals surface area (Å²) in [6.07, 6.45) is 5.36. The molecule has 0 unspecified atom stereocenters. The van der Waals surface area contributed by atoms with Gasteiger partial charge in [-0.2, -0.15) is 5.10 Å². The Morgan fingerprint density at radius 1 is 0.892 bits per heavy atom. The first-order chi connectivity index (χ1) is 18.1. The van der Waals surface area contributed by atoms with E-state index in [0.717, 1.165) is 33.3 Å². The topological polar surface area (TPSA) is 111 Å². The second kappa shape index (κ2) is 9.60. The summed E-state index contributed by atoms with van der Waals surface area (Å²) in [5.41, 5.74) is 5.63. The number of rotatable bonds is 6. The number of H-pyrrole nitrogens is 2. The molecule has 6 rings (SSSR count). The Labute approximate surface area is 216 Å². The van der Waals surface area contributed by atoms with Crippen LogP contribution in [0.25, 0.3) is 33.4 Å². The van der Waals surface area contributed by atoms with E-state index in [2.05, 4.69) is 35.8 Å². The summed E-state index contributed by atoms with van der Waals surface area (Å²) in [4.78, 5) is 25.1. The SMILES string of the molecule is O=C(Nc1ccccc1Cl)c1cc2ccc(-c3nccc(Nc4ccc(-c5cn[nH]c5)cc4)n3)cc2[nH]1. The van der Waals surface area contributed by atoms with Crippen molar-refractivity contribution < 1.29 is 4.79 Å². The van der Waals surface area contributed by atoms with Gasteiger partial charge in [0.25, 0.3) is 5.91 Å². The number of aromatic amines is 2. The normalized spacial score (nSPS) is 10.9. The second-order valence-electron chi connectivity index (χ2n) is 8.37. The molecule has 0 saturated carbocycles. The third-order valence-electron chi connectivity index (χ3n) is 5.89. The quantitative estimate of drug-likeness (QED) is 0.202. The van der Waals surface area contributed by atoms with Crippen molar-refractivity contribution in [2.45, 2.75) is 0 Å². The van der Waals surface area contributed by atoms with Crippen LogP contribution >= 0.6 is 11.6 Å². The van der Waals surface area contributed by atoms with E-state index in [1.165, 1.54) is 0 Å². The zero-order chi connectivity index (χ0) is 25.2. The van der Waals surface area contributed by atoms with Crippen molar-refractivity contribution in [1.29, 1.82) is 0 Å². The van der Waals surface area contributed by atoms with Gasteiger partial charge in [0.15, 0.2) is 5.82 Å². The molecule has 0 aliphatic rings. The van der Waals surface area contributed by atoms with Gasteiger partial charge in [0.2, 0.25) is 0 Å². The molecule has 0 saturated heterocycles. The lowest BCUT2D eigenvalue weighted by Gasteiger charge is -2.08. The van der Waals surface area contributed by atoms with E-state index in [9.17, 15) is 4.79 Å². The van der Waals surface area contributed by atoms with Crippen molar-refractivity contribution in [2.24, 2.45) is 0 Å². The number of carbonyl (C=O) groups excluding carboxylic acids is 1. The molecule has 3 aromatic heterocycles. The van der Waals surface area contributed by atoms with Gasteiger partial charge in [0, 0.05) is 40.1 Å². The summed E-state index contributed by atoms with van der Waals surface area (Å²) in [6, 6.07) is 24.6. The van der Waals surface area contributed by atoms with Crippen molar-refractivity contribution in [2.75, 3.05) is 10.6 Å². The molecular formula is C28H20ClN7O. The van der Waals surface area contributed by atoms with Crippen molar-refractivity contribution in [3.05, 3.63) is 108 Å². The van der Waals surface area contributed by atoms with E-state index in [4.69, 9.17) is 11.6 Å². The van der Waals surface area contributed by atoms with Crippen LogP contribution in [0.1, 0.15) is 10.5 Å². The van der Waals surface area contributed by atoms with E-state index < -0.39 is 0 Å². The molecular weight excluding hydrogens is 486 g/mol. The van der Waals surface area contributed by atoms with Crippen molar-refractivity contribution >= 4 is 45.6 Å². The van der Waals surface area contributed by atoms with Crippen LogP contribution in [0.3, 0.4) is 0 Å². The lowest BCUT2D eigenvalue weighted by atomic mass is 10.1. The average molecular weight is 506 g/mol. The maximum atomic E-state index is 12.8. The number of hydrogen-bond acceptors (Lipinski definition) is 5. The number of nitrogens with zero attached hydrogens (tertiary/aromatic N) is 3. The minimum atomic E-state index is -0.271. The minimum absolute atomic E-state index is 0.271. The van der Waals surface area contributed by atoms with E-state index in [1.807, 2.05) is 66.9 Å². The van der Waals surface area contributed by atoms with Gasteiger partial charge >= 0.3 is 0 Å². The Hall–Kier alpha value is -4.95. The molecule has 9 heteroatoms. The van der Waals surface area contributed by atoms with Gasteiger partial charge in [0.1, 0.15) is 11.5 Å². The van der Waals surface area contributed by atoms with E-state index in [0.29, 0.717) is 28.0 Å². The molecule has 0 aliphatic carbocycles. The van der Waals surface area contributed by atoms with Gasteiger partial charge in [-0.3, -0.25) is 9.89 Å². The van der Waals surface area contributed by atoms with Gasteiger partial charge in [-0.25, -0.2) is 9.97 Å². The second-order valence-corrected chi connectivity index (χ2v) is 8.78. The number of anilines is 3. The van der Waals surface area contributed by atoms with E-state index in [-0.39, 0.29) is 5.91 Å². The molecule has 180 valence electrons. The first kappa shape index (κ1) is 22.5. The third kappa shape index (κ3) is 4.78. The molecule has 3 heterocycles. The number of para-hydroxylation sites is 1. The lowest BCUT2D eigenvalue weighted by molar-refractivity contribution is 0.102. The van der Waals surface area contributed by atoms with Crippen LogP contribution in [0, 0.1) is 0 Å². The Morgan fingerprint density at radius 3 is 2.54 bits per heavy atom. The first-order valence-electron chi connectivity index (χ1n) is 11.5. The van der Waals surface area contributed by atoms with Crippen LogP contribution in [-0.2, 0) is 0 Å². The molecule has 8 nitrogen and oxygen atoms in total. The monoisotopic (exact) mass is 505 g/mol. The molecule has 0 fully saturated rings. The van der Waals surface area contributed by atoms with Crippen LogP contribution in [0.5, 0.6) is 0 Å². The Balaban J connectivity index is 1.21. The molecule has 0 atom stereocenters. The summed E-state index contributed by atoms with van der Waals surface area (Å²) < 4.78 is 0. The molecule has 3 aromatic carbocycles. The molecule has 0 aliphatic heterocycles. The maximum absolute atomic E-state index is 12.8. The van der Waals surface area contributed by atoms with E-state index in [1.54, 1.807) is 30.6 Å². The fraction of sp³-hybridized carbons (Fsp3) is 0. The van der Waals surface area contributed by atoms with Crippen LogP contribution < -0.4 is 10.6 Å². The largest absolute Gasteiger partial charge is 0.350 e. The number of carbonyl (C=O) groups is 1. The summed E-state index contributed by atoms with van der Waals surface area (Å²) in [5.74, 6) is 0.970. The molecule has 4 N–H and O–H groups in total. The predicted octanol–water partition coefficient (Wildman–Crippen LogP) is 6.66. The minimum Gasteiger partial charge on any atom is -0.350 e. The summed E-state index contributed by atoms with van der Waals surface area (Å²) >= 11 is 6.17. The number of benzene rings is 3.